The van der Waals surface area contributed by atoms with Crippen LogP contribution in [0.2, 0.25) is 0 Å². The van der Waals surface area contributed by atoms with E-state index in [1.807, 2.05) is 42.5 Å². The van der Waals surface area contributed by atoms with E-state index in [2.05, 4.69) is 35.8 Å². The molecular formula is C17H17BrO. The van der Waals surface area contributed by atoms with E-state index in [1.54, 1.807) is 0 Å². The van der Waals surface area contributed by atoms with Crippen molar-refractivity contribution in [2.75, 3.05) is 0 Å². The number of benzene rings is 2. The van der Waals surface area contributed by atoms with Crippen molar-refractivity contribution in [2.45, 2.75) is 26.2 Å². The molecule has 0 N–H and O–H groups in total. The smallest absolute Gasteiger partial charge is 0.193 e. The molecule has 1 atom stereocenters. The topological polar surface area (TPSA) is 17.1 Å². The van der Waals surface area contributed by atoms with Gasteiger partial charge in [-0.2, -0.15) is 0 Å². The van der Waals surface area contributed by atoms with Crippen LogP contribution in [0.1, 0.15) is 47.7 Å². The minimum atomic E-state index is 0.0754. The Bertz CT molecular complexity index is 575. The molecule has 1 nitrogen and oxygen atoms in total. The van der Waals surface area contributed by atoms with Gasteiger partial charge >= 0.3 is 0 Å². The van der Waals surface area contributed by atoms with Gasteiger partial charge in [0.15, 0.2) is 5.78 Å². The minimum Gasteiger partial charge on any atom is -0.289 e. The van der Waals surface area contributed by atoms with Crippen LogP contribution in [0.5, 0.6) is 0 Å². The molecule has 0 radical (unpaired) electrons. The van der Waals surface area contributed by atoms with Crippen LogP contribution in [0.4, 0.5) is 0 Å². The van der Waals surface area contributed by atoms with Crippen molar-refractivity contribution in [1.29, 1.82) is 0 Å². The summed E-state index contributed by atoms with van der Waals surface area (Å²) in [4.78, 5) is 12.4. The number of carbonyl (C=O) groups is 1. The zero-order valence-electron chi connectivity index (χ0n) is 11.2. The van der Waals surface area contributed by atoms with Crippen molar-refractivity contribution in [2.24, 2.45) is 0 Å². The number of rotatable bonds is 4. The Labute approximate surface area is 122 Å². The van der Waals surface area contributed by atoms with Crippen molar-refractivity contribution in [1.82, 2.24) is 0 Å². The predicted molar refractivity (Wildman–Crippen MR) is 82.7 cm³/mol. The monoisotopic (exact) mass is 316 g/mol. The summed E-state index contributed by atoms with van der Waals surface area (Å²) in [6.07, 6.45) is 1.06. The average molecular weight is 317 g/mol. The van der Waals surface area contributed by atoms with Gasteiger partial charge in [-0.05, 0) is 36.1 Å². The lowest BCUT2D eigenvalue weighted by Gasteiger charge is -2.11. The third kappa shape index (κ3) is 3.32. The van der Waals surface area contributed by atoms with Gasteiger partial charge in [-0.25, -0.2) is 0 Å². The molecule has 0 spiro atoms. The van der Waals surface area contributed by atoms with Crippen molar-refractivity contribution in [3.05, 3.63) is 69.7 Å². The van der Waals surface area contributed by atoms with Gasteiger partial charge in [0.1, 0.15) is 0 Å². The van der Waals surface area contributed by atoms with E-state index in [0.717, 1.165) is 22.0 Å². The van der Waals surface area contributed by atoms with E-state index < -0.39 is 0 Å². The van der Waals surface area contributed by atoms with Gasteiger partial charge in [0.05, 0.1) is 0 Å². The maximum atomic E-state index is 12.4. The molecule has 1 unspecified atom stereocenters. The fourth-order valence-corrected chi connectivity index (χ4v) is 2.53. The highest BCUT2D eigenvalue weighted by Gasteiger charge is 2.12. The first-order valence-corrected chi connectivity index (χ1v) is 7.31. The average Bonchev–Trinajstić information content (AvgIpc) is 2.45. The molecule has 0 aliphatic heterocycles. The molecular weight excluding hydrogens is 300 g/mol. The fraction of sp³-hybridized carbons (Fsp3) is 0.235. The molecule has 19 heavy (non-hydrogen) atoms. The summed E-state index contributed by atoms with van der Waals surface area (Å²) >= 11 is 3.50. The third-order valence-corrected chi connectivity index (χ3v) is 3.86. The second kappa shape index (κ2) is 6.16. The Morgan fingerprint density at radius 2 is 1.79 bits per heavy atom. The SMILES string of the molecule is CCC(C)c1cc(Br)cc(C(=O)c2ccccc2)c1. The summed E-state index contributed by atoms with van der Waals surface area (Å²) in [6.45, 7) is 4.34. The molecule has 98 valence electrons. The summed E-state index contributed by atoms with van der Waals surface area (Å²) in [7, 11) is 0. The van der Waals surface area contributed by atoms with E-state index >= 15 is 0 Å². The first-order valence-electron chi connectivity index (χ1n) is 6.52. The van der Waals surface area contributed by atoms with E-state index in [4.69, 9.17) is 0 Å². The standard InChI is InChI=1S/C17H17BrO/c1-3-12(2)14-9-15(11-16(18)10-14)17(19)13-7-5-4-6-8-13/h4-12H,3H2,1-2H3. The van der Waals surface area contributed by atoms with Crippen LogP contribution < -0.4 is 0 Å². The molecule has 2 aromatic rings. The van der Waals surface area contributed by atoms with Crippen LogP contribution in [0.25, 0.3) is 0 Å². The molecule has 2 rings (SSSR count). The Morgan fingerprint density at radius 1 is 1.11 bits per heavy atom. The van der Waals surface area contributed by atoms with Gasteiger partial charge in [0, 0.05) is 15.6 Å². The lowest BCUT2D eigenvalue weighted by molar-refractivity contribution is 0.103. The summed E-state index contributed by atoms with van der Waals surface area (Å²) in [5.74, 6) is 0.534. The van der Waals surface area contributed by atoms with Crippen LogP contribution in [-0.2, 0) is 0 Å². The first-order chi connectivity index (χ1) is 9.11. The molecule has 0 aliphatic rings. The summed E-state index contributed by atoms with van der Waals surface area (Å²) in [5.41, 5.74) is 2.68. The van der Waals surface area contributed by atoms with Crippen molar-refractivity contribution in [3.63, 3.8) is 0 Å². The maximum Gasteiger partial charge on any atom is 0.193 e. The van der Waals surface area contributed by atoms with E-state index in [0.29, 0.717) is 5.92 Å². The second-order valence-corrected chi connectivity index (χ2v) is 5.69. The Morgan fingerprint density at radius 3 is 2.42 bits per heavy atom. The Balaban J connectivity index is 2.40. The number of hydrogen-bond acceptors (Lipinski definition) is 1. The van der Waals surface area contributed by atoms with Crippen molar-refractivity contribution in [3.8, 4) is 0 Å². The van der Waals surface area contributed by atoms with E-state index in [9.17, 15) is 4.79 Å². The molecule has 0 heterocycles. The molecule has 0 saturated heterocycles. The lowest BCUT2D eigenvalue weighted by atomic mass is 9.94. The molecule has 0 aromatic heterocycles. The van der Waals surface area contributed by atoms with Gasteiger partial charge in [-0.1, -0.05) is 60.1 Å². The van der Waals surface area contributed by atoms with Gasteiger partial charge < -0.3 is 0 Å². The van der Waals surface area contributed by atoms with Gasteiger partial charge in [0.25, 0.3) is 0 Å². The number of hydrogen-bond donors (Lipinski definition) is 0. The molecule has 0 bridgehead atoms. The Hall–Kier alpha value is -1.41. The minimum absolute atomic E-state index is 0.0754. The summed E-state index contributed by atoms with van der Waals surface area (Å²) < 4.78 is 0.963. The normalized spacial score (nSPS) is 12.2. The molecule has 0 aliphatic carbocycles. The van der Waals surface area contributed by atoms with Gasteiger partial charge in [0.2, 0.25) is 0 Å². The second-order valence-electron chi connectivity index (χ2n) is 4.78. The molecule has 0 amide bonds. The molecule has 0 saturated carbocycles. The van der Waals surface area contributed by atoms with Crippen LogP contribution in [0.15, 0.2) is 53.0 Å². The van der Waals surface area contributed by atoms with Crippen molar-refractivity contribution >= 4 is 21.7 Å². The van der Waals surface area contributed by atoms with Gasteiger partial charge in [-0.3, -0.25) is 4.79 Å². The largest absolute Gasteiger partial charge is 0.289 e. The lowest BCUT2D eigenvalue weighted by Crippen LogP contribution is -2.03. The number of carbonyl (C=O) groups excluding carboxylic acids is 1. The van der Waals surface area contributed by atoms with Crippen LogP contribution in [0, 0.1) is 0 Å². The highest BCUT2D eigenvalue weighted by Crippen LogP contribution is 2.25. The molecule has 0 fully saturated rings. The molecule has 2 heteroatoms. The zero-order valence-corrected chi connectivity index (χ0v) is 12.8. The number of halogens is 1. The summed E-state index contributed by atoms with van der Waals surface area (Å²) in [6, 6.07) is 15.4. The predicted octanol–water partition coefficient (Wildman–Crippen LogP) is 5.19. The number of ketones is 1. The highest BCUT2D eigenvalue weighted by molar-refractivity contribution is 9.10. The van der Waals surface area contributed by atoms with Crippen LogP contribution in [-0.4, -0.2) is 5.78 Å². The Kier molecular flexibility index (Phi) is 4.54. The highest BCUT2D eigenvalue weighted by atomic mass is 79.9. The van der Waals surface area contributed by atoms with Crippen LogP contribution in [0.3, 0.4) is 0 Å². The quantitative estimate of drug-likeness (QED) is 0.709. The first kappa shape index (κ1) is 14.0. The third-order valence-electron chi connectivity index (χ3n) is 3.40. The van der Waals surface area contributed by atoms with Crippen LogP contribution >= 0.6 is 15.9 Å². The van der Waals surface area contributed by atoms with Crippen molar-refractivity contribution < 1.29 is 4.79 Å². The van der Waals surface area contributed by atoms with Gasteiger partial charge in [-0.15, -0.1) is 0 Å². The van der Waals surface area contributed by atoms with E-state index in [1.165, 1.54) is 5.56 Å². The zero-order chi connectivity index (χ0) is 13.8. The molecule has 2 aromatic carbocycles. The maximum absolute atomic E-state index is 12.4. The van der Waals surface area contributed by atoms with E-state index in [-0.39, 0.29) is 5.78 Å². The fourth-order valence-electron chi connectivity index (χ4n) is 2.02. The summed E-state index contributed by atoms with van der Waals surface area (Å²) in [5, 5.41) is 0.